The Labute approximate surface area is 132 Å². The van der Waals surface area contributed by atoms with Crippen LogP contribution in [-0.2, 0) is 0 Å². The van der Waals surface area contributed by atoms with Gasteiger partial charge in [-0.25, -0.2) is 4.68 Å². The standard InChI is InChI=1S/C18H14N4O/c23-17(14-8-2-1-3-9-14)18(21-12-6-7-13-21)22-16-11-5-4-10-15(16)19-20-22/h1-13,18H. The second-order valence-corrected chi connectivity index (χ2v) is 5.26. The van der Waals surface area contributed by atoms with E-state index in [2.05, 4.69) is 10.3 Å². The third-order valence-electron chi connectivity index (χ3n) is 3.81. The Bertz CT molecular complexity index is 942. The Morgan fingerprint density at radius 2 is 1.57 bits per heavy atom. The van der Waals surface area contributed by atoms with E-state index in [1.54, 1.807) is 4.68 Å². The van der Waals surface area contributed by atoms with Gasteiger partial charge in [-0.05, 0) is 24.3 Å². The number of Topliss-reactive ketones (excluding diaryl/α,β-unsaturated/α-hetero) is 1. The highest BCUT2D eigenvalue weighted by Gasteiger charge is 2.25. The van der Waals surface area contributed by atoms with E-state index in [0.29, 0.717) is 5.56 Å². The SMILES string of the molecule is O=C(c1ccccc1)C(n1cccc1)n1nnc2ccccc21. The van der Waals surface area contributed by atoms with Gasteiger partial charge in [-0.1, -0.05) is 47.7 Å². The molecule has 5 heteroatoms. The van der Waals surface area contributed by atoms with E-state index >= 15 is 0 Å². The number of carbonyl (C=O) groups excluding carboxylic acids is 1. The Morgan fingerprint density at radius 1 is 0.870 bits per heavy atom. The number of ketones is 1. The van der Waals surface area contributed by atoms with Crippen molar-refractivity contribution in [2.45, 2.75) is 6.17 Å². The Hall–Kier alpha value is -3.21. The van der Waals surface area contributed by atoms with Gasteiger partial charge < -0.3 is 4.57 Å². The molecule has 2 heterocycles. The van der Waals surface area contributed by atoms with E-state index in [9.17, 15) is 4.79 Å². The molecule has 0 amide bonds. The molecule has 0 radical (unpaired) electrons. The quantitative estimate of drug-likeness (QED) is 0.544. The first-order chi connectivity index (χ1) is 11.3. The van der Waals surface area contributed by atoms with Crippen molar-refractivity contribution in [3.05, 3.63) is 84.7 Å². The van der Waals surface area contributed by atoms with Gasteiger partial charge in [0.25, 0.3) is 0 Å². The van der Waals surface area contributed by atoms with Gasteiger partial charge in [-0.2, -0.15) is 0 Å². The van der Waals surface area contributed by atoms with Crippen molar-refractivity contribution in [2.24, 2.45) is 0 Å². The van der Waals surface area contributed by atoms with Crippen LogP contribution in [-0.4, -0.2) is 25.3 Å². The third kappa shape index (κ3) is 2.32. The van der Waals surface area contributed by atoms with E-state index in [1.165, 1.54) is 0 Å². The molecular formula is C18H14N4O. The zero-order valence-electron chi connectivity index (χ0n) is 12.3. The van der Waals surface area contributed by atoms with E-state index in [-0.39, 0.29) is 5.78 Å². The molecular weight excluding hydrogens is 288 g/mol. The number of hydrogen-bond acceptors (Lipinski definition) is 3. The van der Waals surface area contributed by atoms with E-state index in [1.807, 2.05) is 83.7 Å². The lowest BCUT2D eigenvalue weighted by atomic mass is 10.1. The van der Waals surface area contributed by atoms with Crippen LogP contribution in [0.15, 0.2) is 79.1 Å². The predicted octanol–water partition coefficient (Wildman–Crippen LogP) is 3.16. The largest absolute Gasteiger partial charge is 0.325 e. The average Bonchev–Trinajstić information content (AvgIpc) is 3.27. The van der Waals surface area contributed by atoms with Crippen LogP contribution in [0.1, 0.15) is 16.5 Å². The number of carbonyl (C=O) groups is 1. The normalized spacial score (nSPS) is 12.3. The summed E-state index contributed by atoms with van der Waals surface area (Å²) >= 11 is 0. The van der Waals surface area contributed by atoms with Crippen molar-refractivity contribution in [1.29, 1.82) is 0 Å². The van der Waals surface area contributed by atoms with Crippen LogP contribution in [0.2, 0.25) is 0 Å². The molecule has 0 aliphatic rings. The summed E-state index contributed by atoms with van der Waals surface area (Å²) in [5.41, 5.74) is 2.24. The van der Waals surface area contributed by atoms with Gasteiger partial charge >= 0.3 is 0 Å². The molecule has 2 aromatic heterocycles. The molecule has 0 saturated heterocycles. The summed E-state index contributed by atoms with van der Waals surface area (Å²) in [5.74, 6) is -0.0301. The summed E-state index contributed by atoms with van der Waals surface area (Å²) in [6.07, 6.45) is 3.13. The first-order valence-electron chi connectivity index (χ1n) is 7.36. The maximum Gasteiger partial charge on any atom is 0.208 e. The molecule has 5 nitrogen and oxygen atoms in total. The van der Waals surface area contributed by atoms with Gasteiger partial charge in [0.2, 0.25) is 5.78 Å². The summed E-state index contributed by atoms with van der Waals surface area (Å²) in [5, 5.41) is 8.40. The molecule has 0 aliphatic heterocycles. The Kier molecular flexibility index (Phi) is 3.24. The molecule has 0 saturated carbocycles. The maximum atomic E-state index is 13.1. The zero-order chi connectivity index (χ0) is 15.6. The van der Waals surface area contributed by atoms with Gasteiger partial charge in [0.05, 0.1) is 5.52 Å². The molecule has 0 spiro atoms. The average molecular weight is 302 g/mol. The van der Waals surface area contributed by atoms with E-state index in [0.717, 1.165) is 11.0 Å². The molecule has 112 valence electrons. The topological polar surface area (TPSA) is 52.7 Å². The van der Waals surface area contributed by atoms with Crippen LogP contribution in [0, 0.1) is 0 Å². The highest BCUT2D eigenvalue weighted by Crippen LogP contribution is 2.21. The molecule has 0 bridgehead atoms. The van der Waals surface area contributed by atoms with Gasteiger partial charge in [0.1, 0.15) is 5.52 Å². The van der Waals surface area contributed by atoms with Crippen molar-refractivity contribution >= 4 is 16.8 Å². The van der Waals surface area contributed by atoms with Crippen LogP contribution in [0.3, 0.4) is 0 Å². The summed E-state index contributed by atoms with van der Waals surface area (Å²) < 4.78 is 3.51. The number of hydrogen-bond donors (Lipinski definition) is 0. The number of benzene rings is 2. The lowest BCUT2D eigenvalue weighted by Gasteiger charge is -2.18. The van der Waals surface area contributed by atoms with Crippen LogP contribution in [0.5, 0.6) is 0 Å². The molecule has 4 aromatic rings. The number of aromatic nitrogens is 4. The second-order valence-electron chi connectivity index (χ2n) is 5.26. The number of para-hydroxylation sites is 1. The summed E-state index contributed by atoms with van der Waals surface area (Å²) in [4.78, 5) is 13.1. The minimum Gasteiger partial charge on any atom is -0.325 e. The monoisotopic (exact) mass is 302 g/mol. The summed E-state index contributed by atoms with van der Waals surface area (Å²) in [6, 6.07) is 20.7. The van der Waals surface area contributed by atoms with E-state index in [4.69, 9.17) is 0 Å². The fourth-order valence-corrected chi connectivity index (χ4v) is 2.70. The van der Waals surface area contributed by atoms with E-state index < -0.39 is 6.17 Å². The van der Waals surface area contributed by atoms with Gasteiger partial charge in [0, 0.05) is 18.0 Å². The number of nitrogens with zero attached hydrogens (tertiary/aromatic N) is 4. The second kappa shape index (κ2) is 5.53. The predicted molar refractivity (Wildman–Crippen MR) is 87.2 cm³/mol. The van der Waals surface area contributed by atoms with Crippen LogP contribution in [0.4, 0.5) is 0 Å². The van der Waals surface area contributed by atoms with Crippen molar-refractivity contribution in [1.82, 2.24) is 19.6 Å². The number of fused-ring (bicyclic) bond motifs is 1. The molecule has 4 rings (SSSR count). The molecule has 23 heavy (non-hydrogen) atoms. The molecule has 1 atom stereocenters. The Balaban J connectivity index is 1.89. The molecule has 2 aromatic carbocycles. The highest BCUT2D eigenvalue weighted by molar-refractivity contribution is 5.99. The van der Waals surface area contributed by atoms with Crippen molar-refractivity contribution in [3.8, 4) is 0 Å². The fourth-order valence-electron chi connectivity index (χ4n) is 2.70. The highest BCUT2D eigenvalue weighted by atomic mass is 16.1. The smallest absolute Gasteiger partial charge is 0.208 e. The van der Waals surface area contributed by atoms with Crippen LogP contribution < -0.4 is 0 Å². The summed E-state index contributed by atoms with van der Waals surface area (Å²) in [7, 11) is 0. The first-order valence-corrected chi connectivity index (χ1v) is 7.36. The minimum atomic E-state index is -0.597. The molecule has 0 N–H and O–H groups in total. The molecule has 0 fully saturated rings. The van der Waals surface area contributed by atoms with Crippen LogP contribution in [0.25, 0.3) is 11.0 Å². The maximum absolute atomic E-state index is 13.1. The van der Waals surface area contributed by atoms with Crippen molar-refractivity contribution in [3.63, 3.8) is 0 Å². The fraction of sp³-hybridized carbons (Fsp3) is 0.0556. The van der Waals surface area contributed by atoms with Gasteiger partial charge in [-0.15, -0.1) is 5.10 Å². The van der Waals surface area contributed by atoms with Crippen molar-refractivity contribution in [2.75, 3.05) is 0 Å². The lowest BCUT2D eigenvalue weighted by Crippen LogP contribution is -2.27. The minimum absolute atomic E-state index is 0.0301. The van der Waals surface area contributed by atoms with Crippen LogP contribution >= 0.6 is 0 Å². The summed E-state index contributed by atoms with van der Waals surface area (Å²) in [6.45, 7) is 0. The van der Waals surface area contributed by atoms with Crippen molar-refractivity contribution < 1.29 is 4.79 Å². The third-order valence-corrected chi connectivity index (χ3v) is 3.81. The molecule has 1 unspecified atom stereocenters. The lowest BCUT2D eigenvalue weighted by molar-refractivity contribution is 0.0898. The zero-order valence-corrected chi connectivity index (χ0v) is 12.3. The van der Waals surface area contributed by atoms with Gasteiger partial charge in [0.15, 0.2) is 6.17 Å². The van der Waals surface area contributed by atoms with Gasteiger partial charge in [-0.3, -0.25) is 4.79 Å². The number of rotatable bonds is 4. The Morgan fingerprint density at radius 3 is 2.35 bits per heavy atom. The first kappa shape index (κ1) is 13.5. The molecule has 0 aliphatic carbocycles.